The lowest BCUT2D eigenvalue weighted by molar-refractivity contribution is 0.00578. The van der Waals surface area contributed by atoms with Crippen LogP contribution in [0.3, 0.4) is 0 Å². The van der Waals surface area contributed by atoms with Gasteiger partial charge in [-0.1, -0.05) is 17.7 Å². The zero-order chi connectivity index (χ0) is 20.5. The van der Waals surface area contributed by atoms with Crippen molar-refractivity contribution in [3.63, 3.8) is 0 Å². The van der Waals surface area contributed by atoms with Crippen LogP contribution in [-0.2, 0) is 9.31 Å². The Morgan fingerprint density at radius 2 is 1.89 bits per heavy atom. The van der Waals surface area contributed by atoms with Gasteiger partial charge in [0.05, 0.1) is 28.4 Å². The summed E-state index contributed by atoms with van der Waals surface area (Å²) in [6.07, 6.45) is 1.60. The molecular weight excluding hydrogens is 378 g/mol. The topological polar surface area (TPSA) is 69.7 Å². The van der Waals surface area contributed by atoms with Gasteiger partial charge in [0.15, 0.2) is 0 Å². The number of carbonyl (C=O) groups excluding carboxylic acids is 1. The average Bonchev–Trinajstić information content (AvgIpc) is 2.84. The maximum atomic E-state index is 12.7. The molecule has 2 heterocycles. The molecule has 0 spiro atoms. The number of amides is 1. The molecule has 0 saturated carbocycles. The van der Waals surface area contributed by atoms with Crippen molar-refractivity contribution in [1.29, 1.82) is 0 Å². The van der Waals surface area contributed by atoms with Gasteiger partial charge in [0.25, 0.3) is 5.91 Å². The first-order chi connectivity index (χ1) is 13.1. The van der Waals surface area contributed by atoms with Crippen molar-refractivity contribution < 1.29 is 18.8 Å². The van der Waals surface area contributed by atoms with Gasteiger partial charge in [-0.3, -0.25) is 4.79 Å². The lowest BCUT2D eigenvalue weighted by Gasteiger charge is -2.32. The predicted octanol–water partition coefficient (Wildman–Crippen LogP) is 3.69. The lowest BCUT2D eigenvalue weighted by atomic mass is 9.78. The lowest BCUT2D eigenvalue weighted by Crippen LogP contribution is -2.41. The van der Waals surface area contributed by atoms with Gasteiger partial charge in [-0.05, 0) is 58.9 Å². The zero-order valence-electron chi connectivity index (χ0n) is 16.7. The third-order valence-corrected chi connectivity index (χ3v) is 5.37. The molecule has 0 atom stereocenters. The summed E-state index contributed by atoms with van der Waals surface area (Å²) in [5, 5.41) is 3.01. The number of hydrogen-bond donors (Lipinski definition) is 1. The van der Waals surface area contributed by atoms with E-state index in [1.54, 1.807) is 36.5 Å². The van der Waals surface area contributed by atoms with E-state index in [-0.39, 0.29) is 16.5 Å². The summed E-state index contributed by atoms with van der Waals surface area (Å²) in [6.45, 7) is 10.2. The predicted molar refractivity (Wildman–Crippen MR) is 111 cm³/mol. The van der Waals surface area contributed by atoms with Gasteiger partial charge in [0, 0.05) is 11.7 Å². The smallest absolute Gasteiger partial charge is 0.494 e. The van der Waals surface area contributed by atoms with Crippen LogP contribution in [0, 0.1) is 0 Å². The van der Waals surface area contributed by atoms with E-state index < -0.39 is 18.3 Å². The van der Waals surface area contributed by atoms with Crippen LogP contribution in [0.15, 0.2) is 36.5 Å². The van der Waals surface area contributed by atoms with Crippen LogP contribution in [0.25, 0.3) is 0 Å². The highest BCUT2D eigenvalue weighted by Gasteiger charge is 2.52. The molecule has 148 valence electrons. The molecule has 28 heavy (non-hydrogen) atoms. The van der Waals surface area contributed by atoms with Crippen LogP contribution in [0.5, 0.6) is 5.75 Å². The van der Waals surface area contributed by atoms with E-state index in [0.717, 1.165) is 0 Å². The van der Waals surface area contributed by atoms with Gasteiger partial charge >= 0.3 is 7.12 Å². The van der Waals surface area contributed by atoms with E-state index in [9.17, 15) is 4.79 Å². The number of anilines is 1. The molecular formula is C20H24BClN2O4. The molecule has 1 N–H and O–H groups in total. The minimum atomic E-state index is -0.642. The number of hydrogen-bond acceptors (Lipinski definition) is 5. The fourth-order valence-electron chi connectivity index (χ4n) is 2.80. The van der Waals surface area contributed by atoms with E-state index in [1.807, 2.05) is 34.6 Å². The molecule has 0 unspecified atom stereocenters. The van der Waals surface area contributed by atoms with Crippen molar-refractivity contribution in [2.24, 2.45) is 0 Å². The number of benzene rings is 1. The van der Waals surface area contributed by atoms with Crippen molar-refractivity contribution in [3.05, 3.63) is 47.1 Å². The number of ether oxygens (including phenoxy) is 1. The van der Waals surface area contributed by atoms with E-state index in [0.29, 0.717) is 23.6 Å². The van der Waals surface area contributed by atoms with Crippen LogP contribution in [0.4, 0.5) is 5.82 Å². The molecule has 3 rings (SSSR count). The molecule has 0 aliphatic carbocycles. The summed E-state index contributed by atoms with van der Waals surface area (Å²) < 4.78 is 18.0. The Hall–Kier alpha value is -2.09. The molecule has 1 aromatic heterocycles. The van der Waals surface area contributed by atoms with Crippen LogP contribution >= 0.6 is 11.6 Å². The Bertz CT molecular complexity index is 858. The summed E-state index contributed by atoms with van der Waals surface area (Å²) in [6, 6.07) is 8.55. The fraction of sp³-hybridized carbons (Fsp3) is 0.400. The largest absolute Gasteiger partial charge is 0.498 e. The number of rotatable bonds is 5. The zero-order valence-corrected chi connectivity index (χ0v) is 17.5. The Morgan fingerprint density at radius 3 is 2.46 bits per heavy atom. The highest BCUT2D eigenvalue weighted by atomic mass is 35.5. The maximum absolute atomic E-state index is 12.7. The molecule has 8 heteroatoms. The fourth-order valence-corrected chi connectivity index (χ4v) is 3.06. The number of nitrogens with one attached hydrogen (secondary N) is 1. The number of nitrogens with zero attached hydrogens (tertiary/aromatic N) is 1. The second kappa shape index (κ2) is 7.74. The Balaban J connectivity index is 1.94. The molecule has 6 nitrogen and oxygen atoms in total. The maximum Gasteiger partial charge on any atom is 0.498 e. The molecule has 2 aromatic rings. The highest BCUT2D eigenvalue weighted by molar-refractivity contribution is 6.63. The van der Waals surface area contributed by atoms with Crippen LogP contribution in [0.1, 0.15) is 45.0 Å². The second-order valence-electron chi connectivity index (χ2n) is 7.56. The number of halogens is 1. The first-order valence-corrected chi connectivity index (χ1v) is 9.56. The molecule has 1 aromatic carbocycles. The van der Waals surface area contributed by atoms with Crippen LogP contribution in [0.2, 0.25) is 5.02 Å². The van der Waals surface area contributed by atoms with Gasteiger partial charge in [0.2, 0.25) is 0 Å². The second-order valence-corrected chi connectivity index (χ2v) is 7.97. The number of carbonyl (C=O) groups is 1. The summed E-state index contributed by atoms with van der Waals surface area (Å²) in [7, 11) is -0.642. The molecule has 1 aliphatic heterocycles. The summed E-state index contributed by atoms with van der Waals surface area (Å²) >= 11 is 6.44. The molecule has 1 amide bonds. The van der Waals surface area contributed by atoms with Gasteiger partial charge in [-0.25, -0.2) is 4.98 Å². The van der Waals surface area contributed by atoms with E-state index in [2.05, 4.69) is 10.3 Å². The highest BCUT2D eigenvalue weighted by Crippen LogP contribution is 2.37. The van der Waals surface area contributed by atoms with Gasteiger partial charge < -0.3 is 19.4 Å². The molecule has 1 saturated heterocycles. The normalized spacial score (nSPS) is 17.4. The summed E-state index contributed by atoms with van der Waals surface area (Å²) in [4.78, 5) is 16.8. The molecule has 0 bridgehead atoms. The number of pyridine rings is 1. The quantitative estimate of drug-likeness (QED) is 0.773. The molecule has 1 fully saturated rings. The summed E-state index contributed by atoms with van der Waals surface area (Å²) in [5.41, 5.74) is -0.0541. The summed E-state index contributed by atoms with van der Waals surface area (Å²) in [5.74, 6) is 0.568. The first kappa shape index (κ1) is 20.6. The third kappa shape index (κ3) is 4.02. The van der Waals surface area contributed by atoms with E-state index in [1.165, 1.54) is 0 Å². The average molecular weight is 403 g/mol. The van der Waals surface area contributed by atoms with Crippen molar-refractivity contribution in [2.45, 2.75) is 45.8 Å². The standard InChI is InChI=1S/C20H24BClN2O4/c1-6-26-16-11-13(18(25)24-17-9-7-8-10-23-17)15(22)12-14(16)21-27-19(2,3)20(4,5)28-21/h7-12H,6H2,1-5H3,(H,23,24,25). The monoisotopic (exact) mass is 402 g/mol. The Labute approximate surface area is 170 Å². The molecule has 0 radical (unpaired) electrons. The van der Waals surface area contributed by atoms with Crippen molar-refractivity contribution in [3.8, 4) is 5.75 Å². The first-order valence-electron chi connectivity index (χ1n) is 9.19. The Morgan fingerprint density at radius 1 is 1.21 bits per heavy atom. The van der Waals surface area contributed by atoms with Crippen molar-refractivity contribution >= 4 is 35.9 Å². The van der Waals surface area contributed by atoms with Crippen molar-refractivity contribution in [1.82, 2.24) is 4.98 Å². The minimum absolute atomic E-state index is 0.279. The molecule has 1 aliphatic rings. The van der Waals surface area contributed by atoms with Crippen LogP contribution < -0.4 is 15.5 Å². The van der Waals surface area contributed by atoms with Gasteiger partial charge in [-0.2, -0.15) is 0 Å². The van der Waals surface area contributed by atoms with E-state index in [4.69, 9.17) is 25.6 Å². The van der Waals surface area contributed by atoms with Crippen LogP contribution in [-0.4, -0.2) is 35.8 Å². The number of aromatic nitrogens is 1. The third-order valence-electron chi connectivity index (χ3n) is 5.06. The Kier molecular flexibility index (Phi) is 5.70. The minimum Gasteiger partial charge on any atom is -0.494 e. The van der Waals surface area contributed by atoms with Gasteiger partial charge in [0.1, 0.15) is 11.6 Å². The van der Waals surface area contributed by atoms with Gasteiger partial charge in [-0.15, -0.1) is 0 Å². The van der Waals surface area contributed by atoms with Crippen molar-refractivity contribution in [2.75, 3.05) is 11.9 Å². The van der Waals surface area contributed by atoms with E-state index >= 15 is 0 Å². The SMILES string of the molecule is CCOc1cc(C(=O)Nc2ccccn2)c(Cl)cc1B1OC(C)(C)C(C)(C)O1.